The Morgan fingerprint density at radius 3 is 2.70 bits per heavy atom. The summed E-state index contributed by atoms with van der Waals surface area (Å²) in [4.78, 5) is 27.4. The number of para-hydroxylation sites is 1. The third kappa shape index (κ3) is 4.60. The molecule has 1 aromatic carbocycles. The number of anilines is 2. The second kappa shape index (κ2) is 9.87. The lowest BCUT2D eigenvalue weighted by atomic mass is 10.2. The summed E-state index contributed by atoms with van der Waals surface area (Å²) in [6.45, 7) is 2.07. The first-order valence-electron chi connectivity index (χ1n) is 12.4. The average Bonchev–Trinajstić information content (AvgIpc) is 3.54. The van der Waals surface area contributed by atoms with Gasteiger partial charge in [0, 0.05) is 36.7 Å². The number of carboxylic acid groups (broad SMARTS) is 1. The van der Waals surface area contributed by atoms with Crippen LogP contribution in [0.1, 0.15) is 17.8 Å². The van der Waals surface area contributed by atoms with Crippen molar-refractivity contribution < 1.29 is 37.0 Å². The van der Waals surface area contributed by atoms with Gasteiger partial charge in [0.1, 0.15) is 28.9 Å². The van der Waals surface area contributed by atoms with E-state index < -0.39 is 30.1 Å². The largest absolute Gasteiger partial charge is 0.480 e. The summed E-state index contributed by atoms with van der Waals surface area (Å²) in [5, 5.41) is 10.4. The van der Waals surface area contributed by atoms with Crippen LogP contribution in [0.4, 0.5) is 24.7 Å². The predicted octanol–water partition coefficient (Wildman–Crippen LogP) is 3.72. The minimum atomic E-state index is -4.87. The third-order valence-corrected chi connectivity index (χ3v) is 6.90. The number of carboxylic acids is 1. The Morgan fingerprint density at radius 2 is 1.98 bits per heavy atom. The number of fused-ring (bicyclic) bond motifs is 3. The molecule has 0 radical (unpaired) electrons. The number of nitrogens with zero attached hydrogens (tertiary/aromatic N) is 5. The van der Waals surface area contributed by atoms with Gasteiger partial charge in [-0.05, 0) is 18.2 Å². The van der Waals surface area contributed by atoms with Crippen LogP contribution in [0, 0.1) is 12.3 Å². The Morgan fingerprint density at radius 1 is 1.20 bits per heavy atom. The molecule has 0 aliphatic carbocycles. The minimum Gasteiger partial charge on any atom is -0.480 e. The third-order valence-electron chi connectivity index (χ3n) is 6.90. The van der Waals surface area contributed by atoms with E-state index in [2.05, 4.69) is 20.9 Å². The quantitative estimate of drug-likeness (QED) is 0.367. The molecule has 0 amide bonds. The maximum absolute atomic E-state index is 13.8. The lowest BCUT2D eigenvalue weighted by Gasteiger charge is -2.30. The maximum atomic E-state index is 13.8. The van der Waals surface area contributed by atoms with Gasteiger partial charge in [0.15, 0.2) is 11.4 Å². The van der Waals surface area contributed by atoms with Crippen molar-refractivity contribution in [3.8, 4) is 18.2 Å². The van der Waals surface area contributed by atoms with Crippen molar-refractivity contribution in [3.05, 3.63) is 47.9 Å². The molecule has 2 fully saturated rings. The molecule has 2 aliphatic rings. The fraction of sp³-hybridized carbons (Fsp3) is 0.333. The zero-order valence-electron chi connectivity index (χ0n) is 20.9. The normalized spacial score (nSPS) is 19.8. The van der Waals surface area contributed by atoms with Gasteiger partial charge < -0.3 is 28.8 Å². The van der Waals surface area contributed by atoms with Gasteiger partial charge in [-0.3, -0.25) is 0 Å². The van der Waals surface area contributed by atoms with Crippen LogP contribution in [0.15, 0.2) is 40.9 Å². The predicted molar refractivity (Wildman–Crippen MR) is 137 cm³/mol. The van der Waals surface area contributed by atoms with Gasteiger partial charge in [-0.2, -0.15) is 13.2 Å². The molecule has 40 heavy (non-hydrogen) atoms. The average molecular weight is 553 g/mol. The van der Waals surface area contributed by atoms with E-state index in [-0.39, 0.29) is 35.8 Å². The van der Waals surface area contributed by atoms with Gasteiger partial charge in [-0.25, -0.2) is 19.7 Å². The van der Waals surface area contributed by atoms with E-state index in [1.165, 1.54) is 11.1 Å². The number of carbonyl (C=O) groups is 1. The van der Waals surface area contributed by atoms with E-state index in [4.69, 9.17) is 20.3 Å². The van der Waals surface area contributed by atoms with Gasteiger partial charge in [0.2, 0.25) is 11.7 Å². The summed E-state index contributed by atoms with van der Waals surface area (Å²) >= 11 is 0. The number of pyridine rings is 1. The van der Waals surface area contributed by atoms with E-state index in [1.807, 2.05) is 4.90 Å². The maximum Gasteiger partial charge on any atom is 0.451 e. The van der Waals surface area contributed by atoms with Crippen molar-refractivity contribution in [2.45, 2.75) is 24.7 Å². The lowest BCUT2D eigenvalue weighted by molar-refractivity contribution is -0.144. The molecule has 5 heterocycles. The fourth-order valence-corrected chi connectivity index (χ4v) is 5.05. The van der Waals surface area contributed by atoms with E-state index in [9.17, 15) is 23.1 Å². The van der Waals surface area contributed by atoms with Gasteiger partial charge in [-0.1, -0.05) is 18.1 Å². The van der Waals surface area contributed by atoms with Crippen LogP contribution >= 0.6 is 0 Å². The van der Waals surface area contributed by atoms with Crippen molar-refractivity contribution in [3.63, 3.8) is 0 Å². The molecule has 2 aliphatic heterocycles. The van der Waals surface area contributed by atoms with Crippen LogP contribution < -0.4 is 14.5 Å². The summed E-state index contributed by atoms with van der Waals surface area (Å²) in [5.74, 6) is -0.119. The molecule has 4 aromatic rings. The molecule has 0 bridgehead atoms. The summed E-state index contributed by atoms with van der Waals surface area (Å²) in [7, 11) is 0. The van der Waals surface area contributed by atoms with Gasteiger partial charge in [0.25, 0.3) is 0 Å². The summed E-state index contributed by atoms with van der Waals surface area (Å²) < 4.78 is 59.0. The number of hydrogen-bond donors (Lipinski definition) is 1. The van der Waals surface area contributed by atoms with Crippen LogP contribution in [0.25, 0.3) is 22.1 Å². The van der Waals surface area contributed by atoms with Gasteiger partial charge in [0.05, 0.1) is 19.8 Å². The molecule has 2 atom stereocenters. The number of rotatable bonds is 5. The molecule has 3 aromatic heterocycles. The number of hydrogen-bond acceptors (Lipinski definition) is 9. The number of halogens is 3. The number of benzene rings is 1. The summed E-state index contributed by atoms with van der Waals surface area (Å²) in [5.41, 5.74) is 1.39. The highest BCUT2D eigenvalue weighted by Gasteiger charge is 2.43. The van der Waals surface area contributed by atoms with Crippen LogP contribution in [0.3, 0.4) is 0 Å². The van der Waals surface area contributed by atoms with Crippen molar-refractivity contribution in [2.75, 3.05) is 42.6 Å². The number of terminal acetylenes is 1. The molecule has 13 heteroatoms. The van der Waals surface area contributed by atoms with Crippen LogP contribution in [-0.4, -0.2) is 71.0 Å². The van der Waals surface area contributed by atoms with Gasteiger partial charge in [-0.15, -0.1) is 6.42 Å². The molecule has 0 saturated carbocycles. The van der Waals surface area contributed by atoms with Crippen LogP contribution in [0.2, 0.25) is 0 Å². The van der Waals surface area contributed by atoms with Crippen LogP contribution in [-0.2, 0) is 15.7 Å². The first-order valence-corrected chi connectivity index (χ1v) is 12.4. The zero-order valence-corrected chi connectivity index (χ0v) is 20.9. The molecule has 206 valence electrons. The van der Waals surface area contributed by atoms with Crippen molar-refractivity contribution in [1.29, 1.82) is 0 Å². The summed E-state index contributed by atoms with van der Waals surface area (Å²) in [6.07, 6.45) is 1.39. The number of morpholine rings is 1. The molecule has 0 spiro atoms. The SMILES string of the molecule is C#Cc1cnc(OC2C[C@@H](C(=O)O)N(c3nc(C(F)(F)F)nc4c3oc3ccccc34)C2)c(N2CCOCC2)c1. The molecular weight excluding hydrogens is 531 g/mol. The molecule has 2 saturated heterocycles. The van der Waals surface area contributed by atoms with E-state index in [0.29, 0.717) is 48.5 Å². The molecule has 6 rings (SSSR count). The summed E-state index contributed by atoms with van der Waals surface area (Å²) in [6, 6.07) is 7.02. The topological polar surface area (TPSA) is 114 Å². The zero-order chi connectivity index (χ0) is 28.0. The Hall–Kier alpha value is -4.57. The van der Waals surface area contributed by atoms with E-state index in [0.717, 1.165) is 0 Å². The minimum absolute atomic E-state index is 0.0356. The fourth-order valence-electron chi connectivity index (χ4n) is 5.05. The first-order chi connectivity index (χ1) is 19.2. The Balaban J connectivity index is 1.40. The smallest absolute Gasteiger partial charge is 0.451 e. The Kier molecular flexibility index (Phi) is 6.34. The molecular formula is C27H22F3N5O5. The second-order valence-electron chi connectivity index (χ2n) is 9.42. The number of aromatic nitrogens is 3. The van der Waals surface area contributed by atoms with Crippen molar-refractivity contribution in [2.24, 2.45) is 0 Å². The standard InChI is InChI=1S/C27H22F3N5O5/c1-2-15-11-18(34-7-9-38-10-8-34)24(31-13-15)39-16-12-19(25(36)37)35(14-16)23-22-21(32-26(33-23)27(28,29)30)17-5-3-4-6-20(17)40-22/h1,3-6,11,13,16,19H,7-10,12,14H2,(H,36,37)/t16?,19-/m0/s1. The first kappa shape index (κ1) is 25.7. The molecule has 1 unspecified atom stereocenters. The second-order valence-corrected chi connectivity index (χ2v) is 9.42. The number of aliphatic carboxylic acids is 1. The van der Waals surface area contributed by atoms with Crippen molar-refractivity contribution >= 4 is 39.5 Å². The highest BCUT2D eigenvalue weighted by Crippen LogP contribution is 2.40. The van der Waals surface area contributed by atoms with Gasteiger partial charge >= 0.3 is 12.1 Å². The number of alkyl halides is 3. The van der Waals surface area contributed by atoms with Crippen LogP contribution in [0.5, 0.6) is 5.88 Å². The molecule has 10 nitrogen and oxygen atoms in total. The number of furan rings is 1. The highest BCUT2D eigenvalue weighted by atomic mass is 19.4. The Bertz CT molecular complexity index is 1640. The lowest BCUT2D eigenvalue weighted by Crippen LogP contribution is -2.37. The van der Waals surface area contributed by atoms with E-state index >= 15 is 0 Å². The Labute approximate surface area is 225 Å². The number of ether oxygens (including phenoxy) is 2. The van der Waals surface area contributed by atoms with E-state index in [1.54, 1.807) is 30.3 Å². The van der Waals surface area contributed by atoms with Crippen molar-refractivity contribution in [1.82, 2.24) is 15.0 Å². The highest BCUT2D eigenvalue weighted by molar-refractivity contribution is 6.06. The molecule has 1 N–H and O–H groups in total. The monoisotopic (exact) mass is 553 g/mol.